The van der Waals surface area contributed by atoms with Crippen LogP contribution < -0.4 is 10.4 Å². The number of hydrogen-bond donors (Lipinski definition) is 0. The molecule has 0 amide bonds. The van der Waals surface area contributed by atoms with Gasteiger partial charge in [0.05, 0.1) is 18.8 Å². The van der Waals surface area contributed by atoms with E-state index in [9.17, 15) is 4.79 Å². The van der Waals surface area contributed by atoms with E-state index in [0.29, 0.717) is 18.7 Å². The fourth-order valence-corrected chi connectivity index (χ4v) is 4.46. The Balaban J connectivity index is 1.41. The van der Waals surface area contributed by atoms with Gasteiger partial charge in [-0.25, -0.2) is 4.79 Å². The first-order valence-corrected chi connectivity index (χ1v) is 11.0. The van der Waals surface area contributed by atoms with Gasteiger partial charge in [-0.1, -0.05) is 30.3 Å². The summed E-state index contributed by atoms with van der Waals surface area (Å²) in [5.41, 5.74) is 4.19. The molecule has 6 nitrogen and oxygen atoms in total. The lowest BCUT2D eigenvalue weighted by Crippen LogP contribution is -2.43. The Bertz CT molecular complexity index is 1120. The molecule has 31 heavy (non-hydrogen) atoms. The molecule has 6 heteroatoms. The first kappa shape index (κ1) is 20.2. The number of fused-ring (bicyclic) bond motifs is 3. The van der Waals surface area contributed by atoms with Crippen LogP contribution in [-0.2, 0) is 17.7 Å². The van der Waals surface area contributed by atoms with Crippen LogP contribution in [0.4, 0.5) is 0 Å². The molecule has 0 atom stereocenters. The van der Waals surface area contributed by atoms with Crippen molar-refractivity contribution >= 4 is 11.0 Å². The van der Waals surface area contributed by atoms with Crippen LogP contribution in [0.3, 0.4) is 0 Å². The van der Waals surface area contributed by atoms with E-state index >= 15 is 0 Å². The Morgan fingerprint density at radius 3 is 2.55 bits per heavy atom. The second-order valence-electron chi connectivity index (χ2n) is 8.35. The summed E-state index contributed by atoms with van der Waals surface area (Å²) >= 11 is 0. The number of ether oxygens (including phenoxy) is 2. The zero-order valence-corrected chi connectivity index (χ0v) is 17.9. The van der Waals surface area contributed by atoms with Gasteiger partial charge in [0.1, 0.15) is 18.1 Å². The molecule has 0 aliphatic carbocycles. The van der Waals surface area contributed by atoms with Gasteiger partial charge in [0, 0.05) is 50.1 Å². The van der Waals surface area contributed by atoms with E-state index in [0.717, 1.165) is 79.3 Å². The zero-order valence-electron chi connectivity index (χ0n) is 17.9. The molecule has 0 spiro atoms. The van der Waals surface area contributed by atoms with E-state index in [1.807, 2.05) is 49.4 Å². The number of nitrogens with zero attached hydrogens (tertiary/aromatic N) is 2. The van der Waals surface area contributed by atoms with Gasteiger partial charge in [0.15, 0.2) is 0 Å². The number of benzene rings is 2. The van der Waals surface area contributed by atoms with Crippen molar-refractivity contribution in [3.05, 3.63) is 75.1 Å². The summed E-state index contributed by atoms with van der Waals surface area (Å²) in [7, 11) is 0. The van der Waals surface area contributed by atoms with Crippen molar-refractivity contribution in [1.29, 1.82) is 0 Å². The summed E-state index contributed by atoms with van der Waals surface area (Å²) in [5.74, 6) is 0.813. The second kappa shape index (κ2) is 8.83. The highest BCUT2D eigenvalue weighted by atomic mass is 16.5. The summed E-state index contributed by atoms with van der Waals surface area (Å²) in [6.07, 6.45) is 0.574. The molecule has 0 N–H and O–H groups in total. The normalized spacial score (nSPS) is 17.5. The molecule has 1 fully saturated rings. The van der Waals surface area contributed by atoms with Crippen molar-refractivity contribution in [2.45, 2.75) is 19.9 Å². The fourth-order valence-electron chi connectivity index (χ4n) is 4.46. The summed E-state index contributed by atoms with van der Waals surface area (Å²) in [4.78, 5) is 17.6. The SMILES string of the molecule is Cc1c(Cc2ccccc2)c(=O)oc2c3c(ccc12)OCN(CCN1CCOCC1)C3. The Morgan fingerprint density at radius 1 is 0.968 bits per heavy atom. The molecule has 0 bridgehead atoms. The van der Waals surface area contributed by atoms with Crippen LogP contribution in [0.5, 0.6) is 5.75 Å². The van der Waals surface area contributed by atoms with Gasteiger partial charge >= 0.3 is 5.63 Å². The third kappa shape index (κ3) is 4.24. The maximum absolute atomic E-state index is 12.9. The summed E-state index contributed by atoms with van der Waals surface area (Å²) in [6.45, 7) is 8.75. The third-order valence-corrected chi connectivity index (χ3v) is 6.36. The lowest BCUT2D eigenvalue weighted by Gasteiger charge is -2.32. The minimum absolute atomic E-state index is 0.257. The van der Waals surface area contributed by atoms with Crippen LogP contribution in [0, 0.1) is 6.92 Å². The van der Waals surface area contributed by atoms with Crippen molar-refractivity contribution in [2.24, 2.45) is 0 Å². The van der Waals surface area contributed by atoms with E-state index in [1.165, 1.54) is 0 Å². The summed E-state index contributed by atoms with van der Waals surface area (Å²) < 4.78 is 17.3. The Hall–Kier alpha value is -2.67. The Labute approximate surface area is 182 Å². The third-order valence-electron chi connectivity index (χ3n) is 6.36. The highest BCUT2D eigenvalue weighted by Gasteiger charge is 2.24. The predicted octanol–water partition coefficient (Wildman–Crippen LogP) is 3.18. The van der Waals surface area contributed by atoms with Gasteiger partial charge in [-0.2, -0.15) is 0 Å². The van der Waals surface area contributed by atoms with E-state index < -0.39 is 0 Å². The minimum atomic E-state index is -0.257. The average Bonchev–Trinajstić information content (AvgIpc) is 2.81. The molecule has 162 valence electrons. The molecule has 0 radical (unpaired) electrons. The standard InChI is InChI=1S/C25H28N2O4/c1-18-20-7-8-23-22(16-27(17-30-23)10-9-26-11-13-29-14-12-26)24(20)31-25(28)21(18)15-19-5-3-2-4-6-19/h2-8H,9-17H2,1H3. The van der Waals surface area contributed by atoms with Gasteiger partial charge in [-0.15, -0.1) is 0 Å². The molecular formula is C25H28N2O4. The van der Waals surface area contributed by atoms with Crippen LogP contribution in [0.25, 0.3) is 11.0 Å². The van der Waals surface area contributed by atoms with E-state index in [-0.39, 0.29) is 5.63 Å². The van der Waals surface area contributed by atoms with Gasteiger partial charge in [-0.05, 0) is 30.2 Å². The lowest BCUT2D eigenvalue weighted by atomic mass is 9.98. The average molecular weight is 421 g/mol. The van der Waals surface area contributed by atoms with Crippen LogP contribution >= 0.6 is 0 Å². The molecule has 2 aliphatic rings. The second-order valence-corrected chi connectivity index (χ2v) is 8.35. The molecule has 0 saturated carbocycles. The predicted molar refractivity (Wildman–Crippen MR) is 120 cm³/mol. The first-order chi connectivity index (χ1) is 15.2. The quantitative estimate of drug-likeness (QED) is 0.591. The van der Waals surface area contributed by atoms with E-state index in [1.54, 1.807) is 0 Å². The van der Waals surface area contributed by atoms with Gasteiger partial charge in [-0.3, -0.25) is 9.80 Å². The highest BCUT2D eigenvalue weighted by molar-refractivity contribution is 5.86. The van der Waals surface area contributed by atoms with Gasteiger partial charge in [0.2, 0.25) is 0 Å². The van der Waals surface area contributed by atoms with Crippen LogP contribution in [0.1, 0.15) is 22.3 Å². The van der Waals surface area contributed by atoms with Gasteiger partial charge < -0.3 is 13.9 Å². The molecule has 3 aromatic rings. The molecule has 1 aromatic heterocycles. The number of morpholine rings is 1. The van der Waals surface area contributed by atoms with Crippen molar-refractivity contribution < 1.29 is 13.9 Å². The number of rotatable bonds is 5. The fraction of sp³-hybridized carbons (Fsp3) is 0.400. The molecule has 2 aliphatic heterocycles. The first-order valence-electron chi connectivity index (χ1n) is 11.0. The Kier molecular flexibility index (Phi) is 5.76. The van der Waals surface area contributed by atoms with E-state index in [4.69, 9.17) is 13.9 Å². The molecule has 2 aromatic carbocycles. The summed E-state index contributed by atoms with van der Waals surface area (Å²) in [6, 6.07) is 14.1. The van der Waals surface area contributed by atoms with Crippen molar-refractivity contribution in [1.82, 2.24) is 9.80 Å². The minimum Gasteiger partial charge on any atom is -0.478 e. The molecule has 1 saturated heterocycles. The van der Waals surface area contributed by atoms with Gasteiger partial charge in [0.25, 0.3) is 0 Å². The largest absolute Gasteiger partial charge is 0.478 e. The summed E-state index contributed by atoms with van der Waals surface area (Å²) in [5, 5.41) is 0.989. The van der Waals surface area contributed by atoms with Crippen molar-refractivity contribution in [2.75, 3.05) is 46.1 Å². The molecular weight excluding hydrogens is 392 g/mol. The zero-order chi connectivity index (χ0) is 21.2. The molecule has 3 heterocycles. The highest BCUT2D eigenvalue weighted by Crippen LogP contribution is 2.33. The number of hydrogen-bond acceptors (Lipinski definition) is 6. The van der Waals surface area contributed by atoms with Crippen LogP contribution in [0.2, 0.25) is 0 Å². The number of aryl methyl sites for hydroxylation is 1. The molecule has 5 rings (SSSR count). The monoisotopic (exact) mass is 420 g/mol. The maximum atomic E-state index is 12.9. The van der Waals surface area contributed by atoms with Crippen LogP contribution in [-0.4, -0.2) is 55.9 Å². The maximum Gasteiger partial charge on any atom is 0.340 e. The molecule has 0 unspecified atom stereocenters. The van der Waals surface area contributed by atoms with Crippen LogP contribution in [0.15, 0.2) is 51.7 Å². The van der Waals surface area contributed by atoms with Crippen molar-refractivity contribution in [3.63, 3.8) is 0 Å². The van der Waals surface area contributed by atoms with E-state index in [2.05, 4.69) is 9.80 Å². The van der Waals surface area contributed by atoms with Crippen molar-refractivity contribution in [3.8, 4) is 5.75 Å². The topological polar surface area (TPSA) is 55.2 Å². The smallest absolute Gasteiger partial charge is 0.340 e. The lowest BCUT2D eigenvalue weighted by molar-refractivity contribution is 0.0241. The Morgan fingerprint density at radius 2 is 1.74 bits per heavy atom.